The summed E-state index contributed by atoms with van der Waals surface area (Å²) >= 11 is 0. The quantitative estimate of drug-likeness (QED) is 0.627. The SMILES string of the molecule is CC(C)c1c(-c2cn(C)c(=O)c3c2CCO3)[nH]c2ccc(C3CCN(CC(N)=O)CC3)cc12. The van der Waals surface area contributed by atoms with Gasteiger partial charge in [0.2, 0.25) is 5.91 Å². The van der Waals surface area contributed by atoms with Crippen molar-refractivity contribution in [2.45, 2.75) is 44.9 Å². The Hall–Kier alpha value is -3.06. The average molecular weight is 449 g/mol. The van der Waals surface area contributed by atoms with E-state index >= 15 is 0 Å². The molecule has 7 nitrogen and oxygen atoms in total. The van der Waals surface area contributed by atoms with E-state index in [-0.39, 0.29) is 11.5 Å². The van der Waals surface area contributed by atoms with Crippen LogP contribution in [0.1, 0.15) is 55.2 Å². The lowest BCUT2D eigenvalue weighted by molar-refractivity contribution is -0.119. The van der Waals surface area contributed by atoms with Gasteiger partial charge in [0.1, 0.15) is 0 Å². The lowest BCUT2D eigenvalue weighted by atomic mass is 9.87. The number of pyridine rings is 1. The van der Waals surface area contributed by atoms with Crippen molar-refractivity contribution in [2.75, 3.05) is 26.2 Å². The Labute approximate surface area is 193 Å². The minimum atomic E-state index is -0.258. The number of hydrogen-bond acceptors (Lipinski definition) is 4. The van der Waals surface area contributed by atoms with Crippen molar-refractivity contribution in [1.82, 2.24) is 14.5 Å². The van der Waals surface area contributed by atoms with E-state index in [0.29, 0.717) is 30.7 Å². The Kier molecular flexibility index (Phi) is 5.52. The van der Waals surface area contributed by atoms with Gasteiger partial charge in [0, 0.05) is 41.7 Å². The van der Waals surface area contributed by atoms with E-state index in [0.717, 1.165) is 54.7 Å². The molecule has 0 atom stereocenters. The second-order valence-corrected chi connectivity index (χ2v) is 9.76. The first-order valence-corrected chi connectivity index (χ1v) is 11.8. The summed E-state index contributed by atoms with van der Waals surface area (Å²) in [6.07, 6.45) is 4.75. The van der Waals surface area contributed by atoms with Crippen molar-refractivity contribution >= 4 is 16.8 Å². The first-order valence-electron chi connectivity index (χ1n) is 11.8. The maximum absolute atomic E-state index is 12.5. The number of hydrogen-bond donors (Lipinski definition) is 2. The maximum Gasteiger partial charge on any atom is 0.292 e. The molecule has 33 heavy (non-hydrogen) atoms. The Morgan fingerprint density at radius 3 is 2.73 bits per heavy atom. The van der Waals surface area contributed by atoms with Gasteiger partial charge in [-0.15, -0.1) is 0 Å². The second kappa shape index (κ2) is 8.37. The number of nitrogens with one attached hydrogen (secondary N) is 1. The van der Waals surface area contributed by atoms with Crippen molar-refractivity contribution in [3.63, 3.8) is 0 Å². The first kappa shape index (κ1) is 21.8. The summed E-state index contributed by atoms with van der Waals surface area (Å²) in [6, 6.07) is 6.77. The number of piperidine rings is 1. The van der Waals surface area contributed by atoms with Crippen LogP contribution in [0.3, 0.4) is 0 Å². The van der Waals surface area contributed by atoms with Crippen LogP contribution < -0.4 is 16.0 Å². The topological polar surface area (TPSA) is 93.3 Å². The molecule has 0 aliphatic carbocycles. The summed E-state index contributed by atoms with van der Waals surface area (Å²) in [7, 11) is 1.79. The number of fused-ring (bicyclic) bond motifs is 2. The molecule has 4 heterocycles. The lowest BCUT2D eigenvalue weighted by Gasteiger charge is -2.31. The normalized spacial score (nSPS) is 17.0. The molecule has 1 saturated heterocycles. The van der Waals surface area contributed by atoms with Crippen LogP contribution in [0.5, 0.6) is 5.75 Å². The summed E-state index contributed by atoms with van der Waals surface area (Å²) in [5.41, 5.74) is 12.2. The van der Waals surface area contributed by atoms with E-state index in [9.17, 15) is 9.59 Å². The first-order chi connectivity index (χ1) is 15.8. The molecule has 3 N–H and O–H groups in total. The molecule has 0 spiro atoms. The zero-order valence-corrected chi connectivity index (χ0v) is 19.6. The van der Waals surface area contributed by atoms with Crippen molar-refractivity contribution in [2.24, 2.45) is 12.8 Å². The highest BCUT2D eigenvalue weighted by Gasteiger charge is 2.27. The molecule has 0 radical (unpaired) electrons. The number of H-pyrrole nitrogens is 1. The second-order valence-electron chi connectivity index (χ2n) is 9.76. The number of carbonyl (C=O) groups excluding carboxylic acids is 1. The van der Waals surface area contributed by atoms with E-state index in [1.165, 1.54) is 16.5 Å². The zero-order valence-electron chi connectivity index (χ0n) is 19.6. The number of amides is 1. The van der Waals surface area contributed by atoms with Gasteiger partial charge in [-0.25, -0.2) is 0 Å². The van der Waals surface area contributed by atoms with Gasteiger partial charge >= 0.3 is 0 Å². The third kappa shape index (κ3) is 3.84. The Balaban J connectivity index is 1.55. The molecule has 7 heteroatoms. The highest BCUT2D eigenvalue weighted by atomic mass is 16.5. The van der Waals surface area contributed by atoms with Crippen LogP contribution in [0, 0.1) is 0 Å². The number of ether oxygens (including phenoxy) is 1. The van der Waals surface area contributed by atoms with Gasteiger partial charge in [-0.2, -0.15) is 0 Å². The van der Waals surface area contributed by atoms with E-state index in [1.807, 2.05) is 6.20 Å². The number of likely N-dealkylation sites (tertiary alicyclic amines) is 1. The Bertz CT molecular complexity index is 1280. The standard InChI is InChI=1S/C26H32N4O3/c1-15(2)23-19-12-17(16-6-9-30(10-7-16)14-22(27)31)4-5-21(19)28-24(23)20-13-29(3)26(32)25-18(20)8-11-33-25/h4-5,12-13,15-16,28H,6-11,14H2,1-3H3,(H2,27,31). The van der Waals surface area contributed by atoms with Gasteiger partial charge in [0.15, 0.2) is 5.75 Å². The molecule has 0 bridgehead atoms. The molecule has 2 aliphatic rings. The van der Waals surface area contributed by atoms with E-state index in [2.05, 4.69) is 41.9 Å². The molecule has 2 aromatic heterocycles. The van der Waals surface area contributed by atoms with Crippen LogP contribution in [-0.2, 0) is 18.3 Å². The third-order valence-corrected chi connectivity index (χ3v) is 7.18. The molecule has 0 unspecified atom stereocenters. The molecule has 1 amide bonds. The number of aryl methyl sites for hydroxylation is 1. The molecule has 1 aromatic carbocycles. The fourth-order valence-corrected chi connectivity index (χ4v) is 5.55. The van der Waals surface area contributed by atoms with Crippen LogP contribution in [0.4, 0.5) is 0 Å². The Morgan fingerprint density at radius 1 is 1.27 bits per heavy atom. The molecule has 5 rings (SSSR count). The Morgan fingerprint density at radius 2 is 2.03 bits per heavy atom. The van der Waals surface area contributed by atoms with Crippen LogP contribution in [0.15, 0.2) is 29.2 Å². The van der Waals surface area contributed by atoms with Crippen LogP contribution in [-0.4, -0.2) is 46.6 Å². The fraction of sp³-hybridized carbons (Fsp3) is 0.462. The zero-order chi connectivity index (χ0) is 23.3. The van der Waals surface area contributed by atoms with Crippen LogP contribution in [0.2, 0.25) is 0 Å². The number of nitrogens with two attached hydrogens (primary N) is 1. The smallest absolute Gasteiger partial charge is 0.292 e. The summed E-state index contributed by atoms with van der Waals surface area (Å²) in [5.74, 6) is 1.03. The summed E-state index contributed by atoms with van der Waals surface area (Å²) in [5, 5.41) is 1.25. The summed E-state index contributed by atoms with van der Waals surface area (Å²) < 4.78 is 7.32. The highest BCUT2D eigenvalue weighted by molar-refractivity contribution is 5.92. The number of nitrogens with zero attached hydrogens (tertiary/aromatic N) is 2. The molecule has 3 aromatic rings. The molecule has 1 fully saturated rings. The van der Waals surface area contributed by atoms with Crippen molar-refractivity contribution in [3.05, 3.63) is 51.4 Å². The highest BCUT2D eigenvalue weighted by Crippen LogP contribution is 2.41. The monoisotopic (exact) mass is 448 g/mol. The van der Waals surface area contributed by atoms with E-state index in [4.69, 9.17) is 10.5 Å². The lowest BCUT2D eigenvalue weighted by Crippen LogP contribution is -2.39. The van der Waals surface area contributed by atoms with Gasteiger partial charge in [0.25, 0.3) is 5.56 Å². The molecule has 2 aliphatic heterocycles. The largest absolute Gasteiger partial charge is 0.487 e. The van der Waals surface area contributed by atoms with Gasteiger partial charge < -0.3 is 20.0 Å². The van der Waals surface area contributed by atoms with E-state index < -0.39 is 0 Å². The number of benzene rings is 1. The maximum atomic E-state index is 12.5. The number of carbonyl (C=O) groups is 1. The number of rotatable bonds is 5. The third-order valence-electron chi connectivity index (χ3n) is 7.18. The van der Waals surface area contributed by atoms with Gasteiger partial charge in [-0.05, 0) is 61.0 Å². The van der Waals surface area contributed by atoms with Gasteiger partial charge in [0.05, 0.1) is 18.8 Å². The van der Waals surface area contributed by atoms with Crippen molar-refractivity contribution in [1.29, 1.82) is 0 Å². The number of aromatic nitrogens is 2. The van der Waals surface area contributed by atoms with Crippen molar-refractivity contribution in [3.8, 4) is 17.0 Å². The summed E-state index contributed by atoms with van der Waals surface area (Å²) in [6.45, 7) is 7.13. The minimum Gasteiger partial charge on any atom is -0.487 e. The molecular weight excluding hydrogens is 416 g/mol. The predicted molar refractivity (Wildman–Crippen MR) is 130 cm³/mol. The molecular formula is C26H32N4O3. The van der Waals surface area contributed by atoms with E-state index in [1.54, 1.807) is 11.6 Å². The average Bonchev–Trinajstić information content (AvgIpc) is 3.41. The number of aromatic amines is 1. The van der Waals surface area contributed by atoms with Gasteiger partial charge in [-0.3, -0.25) is 14.5 Å². The van der Waals surface area contributed by atoms with Crippen LogP contribution >= 0.6 is 0 Å². The van der Waals surface area contributed by atoms with Crippen molar-refractivity contribution < 1.29 is 9.53 Å². The van der Waals surface area contributed by atoms with Crippen LogP contribution in [0.25, 0.3) is 22.2 Å². The molecule has 0 saturated carbocycles. The van der Waals surface area contributed by atoms with Gasteiger partial charge in [-0.1, -0.05) is 19.9 Å². The number of primary amides is 1. The predicted octanol–water partition coefficient (Wildman–Crippen LogP) is 3.26. The fourth-order valence-electron chi connectivity index (χ4n) is 5.55. The summed E-state index contributed by atoms with van der Waals surface area (Å²) in [4.78, 5) is 29.6. The molecule has 174 valence electrons. The minimum absolute atomic E-state index is 0.0709.